The van der Waals surface area contributed by atoms with E-state index in [1.165, 1.54) is 29.8 Å². The fourth-order valence-corrected chi connectivity index (χ4v) is 2.90. The van der Waals surface area contributed by atoms with E-state index in [0.29, 0.717) is 12.1 Å². The zero-order valence-electron chi connectivity index (χ0n) is 15.7. The van der Waals surface area contributed by atoms with Crippen LogP contribution in [-0.4, -0.2) is 0 Å². The summed E-state index contributed by atoms with van der Waals surface area (Å²) in [4.78, 5) is 0. The lowest BCUT2D eigenvalue weighted by Gasteiger charge is -2.19. The first-order valence-corrected chi connectivity index (χ1v) is 9.21. The minimum absolute atomic E-state index is 0.376. The molecule has 1 nitrogen and oxygen atoms in total. The molecule has 0 atom stereocenters. The highest BCUT2D eigenvalue weighted by Gasteiger charge is 2.35. The van der Waals surface area contributed by atoms with Gasteiger partial charge in [0.25, 0.3) is 0 Å². The summed E-state index contributed by atoms with van der Waals surface area (Å²) >= 11 is 0. The second kappa shape index (κ2) is 8.64. The molecule has 6 heteroatoms. The highest BCUT2D eigenvalue weighted by molar-refractivity contribution is 5.64. The maximum atomic E-state index is 14.4. The standard InChI is InChI=1S/C23H19F5O/c1-2-3-4-15-5-7-16(8-6-15)17-9-11-18(12-10-17)23(27,28)29-19-13-20(24)22(26)21(25)14-19/h5-14H,2-4H2,1H3. The Hall–Kier alpha value is -2.89. The first kappa shape index (κ1) is 20.8. The van der Waals surface area contributed by atoms with E-state index in [4.69, 9.17) is 0 Å². The zero-order chi connectivity index (χ0) is 21.0. The smallest absolute Gasteiger partial charge is 0.426 e. The van der Waals surface area contributed by atoms with E-state index in [-0.39, 0.29) is 0 Å². The number of hydrogen-bond donors (Lipinski definition) is 0. The molecular weight excluding hydrogens is 387 g/mol. The van der Waals surface area contributed by atoms with Gasteiger partial charge < -0.3 is 4.74 Å². The normalized spacial score (nSPS) is 11.5. The van der Waals surface area contributed by atoms with Crippen LogP contribution in [0.1, 0.15) is 30.9 Å². The number of ether oxygens (including phenoxy) is 1. The Morgan fingerprint density at radius 1 is 0.793 bits per heavy atom. The van der Waals surface area contributed by atoms with Crippen molar-refractivity contribution in [2.24, 2.45) is 0 Å². The van der Waals surface area contributed by atoms with Crippen LogP contribution in [0.4, 0.5) is 22.0 Å². The van der Waals surface area contributed by atoms with Gasteiger partial charge in [-0.05, 0) is 41.7 Å². The molecule has 0 saturated carbocycles. The van der Waals surface area contributed by atoms with Gasteiger partial charge in [-0.2, -0.15) is 8.78 Å². The Bertz CT molecular complexity index is 943. The van der Waals surface area contributed by atoms with Crippen molar-refractivity contribution < 1.29 is 26.7 Å². The summed E-state index contributed by atoms with van der Waals surface area (Å²) in [7, 11) is 0. The summed E-state index contributed by atoms with van der Waals surface area (Å²) in [6.07, 6.45) is -0.648. The van der Waals surface area contributed by atoms with E-state index in [1.807, 2.05) is 24.3 Å². The minimum atomic E-state index is -3.85. The number of alkyl halides is 2. The Morgan fingerprint density at radius 3 is 1.83 bits per heavy atom. The summed E-state index contributed by atoms with van der Waals surface area (Å²) in [5, 5.41) is 0. The van der Waals surface area contributed by atoms with Gasteiger partial charge in [0, 0.05) is 12.1 Å². The number of benzene rings is 3. The van der Waals surface area contributed by atoms with Crippen LogP contribution in [0.15, 0.2) is 60.7 Å². The average Bonchev–Trinajstić information content (AvgIpc) is 2.70. The molecule has 3 aromatic rings. The predicted octanol–water partition coefficient (Wildman–Crippen LogP) is 7.24. The largest absolute Gasteiger partial charge is 0.429 e. The number of hydrogen-bond acceptors (Lipinski definition) is 1. The monoisotopic (exact) mass is 406 g/mol. The molecule has 0 N–H and O–H groups in total. The van der Waals surface area contributed by atoms with Gasteiger partial charge in [-0.15, -0.1) is 0 Å². The van der Waals surface area contributed by atoms with Gasteiger partial charge in [0.15, 0.2) is 17.5 Å². The van der Waals surface area contributed by atoms with Crippen LogP contribution in [0.25, 0.3) is 11.1 Å². The van der Waals surface area contributed by atoms with E-state index in [1.54, 1.807) is 0 Å². The SMILES string of the molecule is CCCCc1ccc(-c2ccc(C(F)(F)Oc3cc(F)c(F)c(F)c3)cc2)cc1. The Morgan fingerprint density at radius 2 is 1.31 bits per heavy atom. The highest BCUT2D eigenvalue weighted by Crippen LogP contribution is 2.34. The molecule has 0 spiro atoms. The molecule has 0 aliphatic rings. The molecule has 0 amide bonds. The van der Waals surface area contributed by atoms with E-state index in [9.17, 15) is 22.0 Å². The van der Waals surface area contributed by atoms with Crippen LogP contribution < -0.4 is 4.74 Å². The first-order valence-electron chi connectivity index (χ1n) is 9.21. The van der Waals surface area contributed by atoms with Gasteiger partial charge in [-0.3, -0.25) is 0 Å². The van der Waals surface area contributed by atoms with Crippen LogP contribution in [0.2, 0.25) is 0 Å². The third-order valence-electron chi connectivity index (χ3n) is 4.53. The van der Waals surface area contributed by atoms with Crippen molar-refractivity contribution in [1.29, 1.82) is 0 Å². The van der Waals surface area contributed by atoms with Crippen molar-refractivity contribution in [2.45, 2.75) is 32.3 Å². The first-order chi connectivity index (χ1) is 13.8. The van der Waals surface area contributed by atoms with Crippen molar-refractivity contribution in [3.8, 4) is 16.9 Å². The molecule has 0 aromatic heterocycles. The summed E-state index contributed by atoms with van der Waals surface area (Å²) in [6.45, 7) is 2.12. The molecule has 0 fully saturated rings. The summed E-state index contributed by atoms with van der Waals surface area (Å²) in [6, 6.07) is 14.0. The molecule has 152 valence electrons. The molecule has 0 aliphatic heterocycles. The Balaban J connectivity index is 1.76. The van der Waals surface area contributed by atoms with Gasteiger partial charge in [-0.1, -0.05) is 49.7 Å². The fraction of sp³-hybridized carbons (Fsp3) is 0.217. The lowest BCUT2D eigenvalue weighted by Crippen LogP contribution is -2.22. The van der Waals surface area contributed by atoms with E-state index < -0.39 is 34.9 Å². The van der Waals surface area contributed by atoms with Crippen LogP contribution in [-0.2, 0) is 12.5 Å². The third-order valence-corrected chi connectivity index (χ3v) is 4.53. The number of halogens is 5. The second-order valence-electron chi connectivity index (χ2n) is 6.70. The van der Waals surface area contributed by atoms with Crippen molar-refractivity contribution in [3.63, 3.8) is 0 Å². The van der Waals surface area contributed by atoms with Crippen molar-refractivity contribution >= 4 is 0 Å². The number of unbranched alkanes of at least 4 members (excludes halogenated alkanes) is 1. The summed E-state index contributed by atoms with van der Waals surface area (Å²) in [5.41, 5.74) is 2.34. The Labute approximate surface area is 165 Å². The maximum Gasteiger partial charge on any atom is 0.426 e. The number of rotatable bonds is 7. The second-order valence-corrected chi connectivity index (χ2v) is 6.70. The van der Waals surface area contributed by atoms with Crippen LogP contribution >= 0.6 is 0 Å². The summed E-state index contributed by atoms with van der Waals surface area (Å²) < 4.78 is 72.5. The van der Waals surface area contributed by atoms with Gasteiger partial charge >= 0.3 is 6.11 Å². The van der Waals surface area contributed by atoms with Gasteiger partial charge in [0.1, 0.15) is 5.75 Å². The van der Waals surface area contributed by atoms with Crippen molar-refractivity contribution in [1.82, 2.24) is 0 Å². The number of aryl methyl sites for hydroxylation is 1. The van der Waals surface area contributed by atoms with Crippen LogP contribution in [0, 0.1) is 17.5 Å². The topological polar surface area (TPSA) is 9.23 Å². The lowest BCUT2D eigenvalue weighted by atomic mass is 10.0. The molecule has 0 unspecified atom stereocenters. The van der Waals surface area contributed by atoms with E-state index in [2.05, 4.69) is 11.7 Å². The van der Waals surface area contributed by atoms with E-state index >= 15 is 0 Å². The minimum Gasteiger partial charge on any atom is -0.429 e. The van der Waals surface area contributed by atoms with Gasteiger partial charge in [0.2, 0.25) is 0 Å². The van der Waals surface area contributed by atoms with Crippen molar-refractivity contribution in [2.75, 3.05) is 0 Å². The lowest BCUT2D eigenvalue weighted by molar-refractivity contribution is -0.185. The van der Waals surface area contributed by atoms with E-state index in [0.717, 1.165) is 30.4 Å². The Kier molecular flexibility index (Phi) is 6.20. The molecule has 3 aromatic carbocycles. The van der Waals surface area contributed by atoms with Crippen molar-refractivity contribution in [3.05, 3.63) is 89.2 Å². The average molecular weight is 406 g/mol. The van der Waals surface area contributed by atoms with Gasteiger partial charge in [-0.25, -0.2) is 13.2 Å². The molecule has 29 heavy (non-hydrogen) atoms. The van der Waals surface area contributed by atoms with Crippen LogP contribution in [0.5, 0.6) is 5.75 Å². The molecule has 0 heterocycles. The molecule has 3 rings (SSSR count). The molecule has 0 radical (unpaired) electrons. The maximum absolute atomic E-state index is 14.4. The molecular formula is C23H19F5O. The zero-order valence-corrected chi connectivity index (χ0v) is 15.7. The highest BCUT2D eigenvalue weighted by atomic mass is 19.3. The summed E-state index contributed by atoms with van der Waals surface area (Å²) in [5.74, 6) is -5.76. The van der Waals surface area contributed by atoms with Gasteiger partial charge in [0.05, 0.1) is 5.56 Å². The molecule has 0 saturated heterocycles. The van der Waals surface area contributed by atoms with Crippen LogP contribution in [0.3, 0.4) is 0 Å². The third kappa shape index (κ3) is 4.94. The fourth-order valence-electron chi connectivity index (χ4n) is 2.90. The molecule has 0 bridgehead atoms. The predicted molar refractivity (Wildman–Crippen MR) is 101 cm³/mol. The molecule has 0 aliphatic carbocycles. The quantitative estimate of drug-likeness (QED) is 0.297.